The van der Waals surface area contributed by atoms with Crippen LogP contribution in [0.4, 0.5) is 17.6 Å². The van der Waals surface area contributed by atoms with Crippen LogP contribution in [0.15, 0.2) is 18.3 Å². The molecule has 1 saturated carbocycles. The molecule has 0 aliphatic heterocycles. The summed E-state index contributed by atoms with van der Waals surface area (Å²) in [6.07, 6.45) is -1.79. The van der Waals surface area contributed by atoms with Gasteiger partial charge in [0, 0.05) is 23.9 Å². The van der Waals surface area contributed by atoms with E-state index in [0.717, 1.165) is 12.3 Å². The Balaban J connectivity index is 2.09. The third-order valence-corrected chi connectivity index (χ3v) is 3.49. The van der Waals surface area contributed by atoms with Crippen molar-refractivity contribution in [2.45, 2.75) is 37.9 Å². The second-order valence-corrected chi connectivity index (χ2v) is 4.88. The van der Waals surface area contributed by atoms with E-state index in [0.29, 0.717) is 12.8 Å². The van der Waals surface area contributed by atoms with Crippen LogP contribution in [0.1, 0.15) is 36.0 Å². The highest BCUT2D eigenvalue weighted by molar-refractivity contribution is 5.94. The lowest BCUT2D eigenvalue weighted by Crippen LogP contribution is -2.47. The summed E-state index contributed by atoms with van der Waals surface area (Å²) in [5.41, 5.74) is -0.0241. The molecule has 0 aromatic carbocycles. The Hall–Kier alpha value is -1.66. The van der Waals surface area contributed by atoms with Gasteiger partial charge >= 0.3 is 6.18 Å². The predicted octanol–water partition coefficient (Wildman–Crippen LogP) is 3.07. The lowest BCUT2D eigenvalue weighted by molar-refractivity contribution is -0.187. The average Bonchev–Trinajstić information content (AvgIpc) is 2.38. The van der Waals surface area contributed by atoms with Crippen molar-refractivity contribution in [3.05, 3.63) is 29.8 Å². The van der Waals surface area contributed by atoms with Crippen molar-refractivity contribution in [1.82, 2.24) is 10.3 Å². The van der Waals surface area contributed by atoms with Gasteiger partial charge in [0.05, 0.1) is 5.92 Å². The molecular formula is C13H14F4N2O. The Morgan fingerprint density at radius 2 is 2.00 bits per heavy atom. The number of pyridine rings is 1. The molecule has 0 bridgehead atoms. The first-order valence-electron chi connectivity index (χ1n) is 6.37. The number of nitrogens with one attached hydrogen (secondary N) is 1. The Bertz CT molecular complexity index is 490. The standard InChI is InChI=1S/C13H14F4N2O/c14-11-7-8(5-6-18-11)12(20)19-10-4-2-1-3-9(10)13(15,16)17/h5-7,9-10H,1-4H2,(H,19,20)/t9-,10+/m0/s1. The van der Waals surface area contributed by atoms with Crippen molar-refractivity contribution < 1.29 is 22.4 Å². The van der Waals surface area contributed by atoms with Crippen LogP contribution in [0, 0.1) is 11.9 Å². The minimum atomic E-state index is -4.33. The molecule has 1 aliphatic carbocycles. The SMILES string of the molecule is O=C(N[C@@H]1CCCC[C@@H]1C(F)(F)F)c1ccnc(F)c1. The number of hydrogen-bond donors (Lipinski definition) is 1. The van der Waals surface area contributed by atoms with E-state index in [9.17, 15) is 22.4 Å². The average molecular weight is 290 g/mol. The van der Waals surface area contributed by atoms with E-state index in [4.69, 9.17) is 0 Å². The maximum absolute atomic E-state index is 12.9. The molecule has 1 aromatic heterocycles. The number of alkyl halides is 3. The number of halogens is 4. The Kier molecular flexibility index (Phi) is 4.25. The van der Waals surface area contributed by atoms with Gasteiger partial charge in [0.25, 0.3) is 5.91 Å². The van der Waals surface area contributed by atoms with Gasteiger partial charge < -0.3 is 5.32 Å². The summed E-state index contributed by atoms with van der Waals surface area (Å²) in [6.45, 7) is 0. The molecule has 1 fully saturated rings. The van der Waals surface area contributed by atoms with Crippen molar-refractivity contribution in [2.75, 3.05) is 0 Å². The molecule has 1 amide bonds. The van der Waals surface area contributed by atoms with Crippen molar-refractivity contribution in [3.63, 3.8) is 0 Å². The zero-order valence-corrected chi connectivity index (χ0v) is 10.6. The molecule has 2 atom stereocenters. The van der Waals surface area contributed by atoms with Crippen LogP contribution in [0.3, 0.4) is 0 Å². The summed E-state index contributed by atoms with van der Waals surface area (Å²) in [6, 6.07) is 1.22. The monoisotopic (exact) mass is 290 g/mol. The quantitative estimate of drug-likeness (QED) is 0.672. The topological polar surface area (TPSA) is 42.0 Å². The fourth-order valence-electron chi connectivity index (χ4n) is 2.49. The summed E-state index contributed by atoms with van der Waals surface area (Å²) in [7, 11) is 0. The number of rotatable bonds is 2. The molecule has 1 N–H and O–H groups in total. The molecule has 110 valence electrons. The largest absolute Gasteiger partial charge is 0.393 e. The van der Waals surface area contributed by atoms with E-state index in [2.05, 4.69) is 10.3 Å². The second kappa shape index (κ2) is 5.76. The number of carbonyl (C=O) groups excluding carboxylic acids is 1. The first kappa shape index (κ1) is 14.7. The predicted molar refractivity (Wildman–Crippen MR) is 63.5 cm³/mol. The molecule has 0 radical (unpaired) electrons. The first-order valence-corrected chi connectivity index (χ1v) is 6.37. The molecular weight excluding hydrogens is 276 g/mol. The molecule has 20 heavy (non-hydrogen) atoms. The normalized spacial score (nSPS) is 23.4. The van der Waals surface area contributed by atoms with Gasteiger partial charge in [0.2, 0.25) is 5.95 Å². The maximum atomic E-state index is 12.9. The summed E-state index contributed by atoms with van der Waals surface area (Å²) in [5.74, 6) is -3.08. The first-order chi connectivity index (χ1) is 9.38. The number of amides is 1. The summed E-state index contributed by atoms with van der Waals surface area (Å²) in [5, 5.41) is 2.37. The summed E-state index contributed by atoms with van der Waals surface area (Å²) in [4.78, 5) is 15.2. The second-order valence-electron chi connectivity index (χ2n) is 4.88. The number of hydrogen-bond acceptors (Lipinski definition) is 2. The van der Waals surface area contributed by atoms with Crippen LogP contribution >= 0.6 is 0 Å². The number of nitrogens with zero attached hydrogens (tertiary/aromatic N) is 1. The maximum Gasteiger partial charge on any atom is 0.393 e. The van der Waals surface area contributed by atoms with Gasteiger partial charge in [-0.2, -0.15) is 17.6 Å². The Labute approximate surface area is 113 Å². The third-order valence-electron chi connectivity index (χ3n) is 3.49. The summed E-state index contributed by atoms with van der Waals surface area (Å²) >= 11 is 0. The molecule has 2 rings (SSSR count). The molecule has 3 nitrogen and oxygen atoms in total. The molecule has 0 saturated heterocycles. The lowest BCUT2D eigenvalue weighted by atomic mass is 9.84. The Morgan fingerprint density at radius 1 is 1.30 bits per heavy atom. The van der Waals surface area contributed by atoms with Crippen LogP contribution < -0.4 is 5.32 Å². The molecule has 1 aliphatic rings. The summed E-state index contributed by atoms with van der Waals surface area (Å²) < 4.78 is 51.6. The van der Waals surface area contributed by atoms with Gasteiger partial charge in [0.1, 0.15) is 0 Å². The van der Waals surface area contributed by atoms with Crippen molar-refractivity contribution in [3.8, 4) is 0 Å². The van der Waals surface area contributed by atoms with Crippen molar-refractivity contribution in [2.24, 2.45) is 5.92 Å². The smallest absolute Gasteiger partial charge is 0.349 e. The highest BCUT2D eigenvalue weighted by Gasteiger charge is 2.45. The number of carbonyl (C=O) groups is 1. The van der Waals surface area contributed by atoms with Gasteiger partial charge in [-0.05, 0) is 18.9 Å². The van der Waals surface area contributed by atoms with E-state index in [1.54, 1.807) is 0 Å². The Morgan fingerprint density at radius 3 is 2.65 bits per heavy atom. The third kappa shape index (κ3) is 3.46. The van der Waals surface area contributed by atoms with Gasteiger partial charge in [-0.15, -0.1) is 0 Å². The van der Waals surface area contributed by atoms with Crippen LogP contribution in [-0.2, 0) is 0 Å². The van der Waals surface area contributed by atoms with E-state index < -0.39 is 30.0 Å². The van der Waals surface area contributed by atoms with Crippen molar-refractivity contribution >= 4 is 5.91 Å². The molecule has 1 aromatic rings. The van der Waals surface area contributed by atoms with E-state index >= 15 is 0 Å². The number of aromatic nitrogens is 1. The van der Waals surface area contributed by atoms with Gasteiger partial charge in [0.15, 0.2) is 0 Å². The molecule has 7 heteroatoms. The van der Waals surface area contributed by atoms with Crippen LogP contribution in [0.25, 0.3) is 0 Å². The minimum Gasteiger partial charge on any atom is -0.349 e. The van der Waals surface area contributed by atoms with Gasteiger partial charge in [-0.1, -0.05) is 12.8 Å². The minimum absolute atomic E-state index is 0.0130. The molecule has 1 heterocycles. The van der Waals surface area contributed by atoms with E-state index in [1.807, 2.05) is 0 Å². The molecule has 0 spiro atoms. The zero-order chi connectivity index (χ0) is 14.8. The van der Waals surface area contributed by atoms with E-state index in [-0.39, 0.29) is 18.4 Å². The van der Waals surface area contributed by atoms with E-state index in [1.165, 1.54) is 6.07 Å². The van der Waals surface area contributed by atoms with Crippen molar-refractivity contribution in [1.29, 1.82) is 0 Å². The zero-order valence-electron chi connectivity index (χ0n) is 10.6. The molecule has 0 unspecified atom stereocenters. The van der Waals surface area contributed by atoms with Crippen LogP contribution in [-0.4, -0.2) is 23.1 Å². The lowest BCUT2D eigenvalue weighted by Gasteiger charge is -2.33. The van der Waals surface area contributed by atoms with Crippen LogP contribution in [0.5, 0.6) is 0 Å². The highest BCUT2D eigenvalue weighted by Crippen LogP contribution is 2.37. The van der Waals surface area contributed by atoms with Gasteiger partial charge in [-0.3, -0.25) is 4.79 Å². The van der Waals surface area contributed by atoms with Crippen LogP contribution in [0.2, 0.25) is 0 Å². The fraction of sp³-hybridized carbons (Fsp3) is 0.538. The fourth-order valence-corrected chi connectivity index (χ4v) is 2.49. The highest BCUT2D eigenvalue weighted by atomic mass is 19.4. The van der Waals surface area contributed by atoms with Gasteiger partial charge in [-0.25, -0.2) is 4.98 Å².